The third-order valence-electron chi connectivity index (χ3n) is 5.94. The molecule has 33 heavy (non-hydrogen) atoms. The van der Waals surface area contributed by atoms with Crippen molar-refractivity contribution in [3.05, 3.63) is 82.0 Å². The lowest BCUT2D eigenvalue weighted by Crippen LogP contribution is -2.37. The Morgan fingerprint density at radius 3 is 2.45 bits per heavy atom. The van der Waals surface area contributed by atoms with E-state index in [1.165, 1.54) is 16.2 Å². The van der Waals surface area contributed by atoms with E-state index in [2.05, 4.69) is 0 Å². The summed E-state index contributed by atoms with van der Waals surface area (Å²) in [6, 6.07) is 17.5. The summed E-state index contributed by atoms with van der Waals surface area (Å²) in [5.41, 5.74) is 2.59. The molecule has 2 aliphatic rings. The Bertz CT molecular complexity index is 1210. The molecule has 2 amide bonds. The number of carbonyl (C=O) groups excluding carboxylic acids is 3. The number of imide groups is 1. The highest BCUT2D eigenvalue weighted by Gasteiger charge is 2.60. The average molecular weight is 463 g/mol. The molecule has 2 aromatic carbocycles. The van der Waals surface area contributed by atoms with Gasteiger partial charge in [0.25, 0.3) is 5.91 Å². The van der Waals surface area contributed by atoms with Crippen molar-refractivity contribution in [1.82, 2.24) is 0 Å². The number of hydroxylamine groups is 1. The number of aryl methyl sites for hydroxylation is 1. The van der Waals surface area contributed by atoms with Gasteiger partial charge in [0, 0.05) is 4.88 Å². The van der Waals surface area contributed by atoms with Gasteiger partial charge in [-0.05, 0) is 61.2 Å². The molecule has 3 heterocycles. The molecule has 0 spiro atoms. The van der Waals surface area contributed by atoms with Gasteiger partial charge in [-0.2, -0.15) is 0 Å². The Kier molecular flexibility index (Phi) is 5.47. The van der Waals surface area contributed by atoms with E-state index in [1.807, 2.05) is 48.7 Å². The van der Waals surface area contributed by atoms with Crippen molar-refractivity contribution in [2.45, 2.75) is 26.0 Å². The maximum absolute atomic E-state index is 13.6. The second-order valence-corrected chi connectivity index (χ2v) is 8.88. The smallest absolute Gasteiger partial charge is 0.338 e. The Balaban J connectivity index is 1.49. The van der Waals surface area contributed by atoms with Crippen LogP contribution in [-0.2, 0) is 19.2 Å². The Labute approximate surface area is 195 Å². The minimum absolute atomic E-state index is 0.270. The van der Waals surface area contributed by atoms with Gasteiger partial charge in [0.05, 0.1) is 23.5 Å². The molecule has 8 heteroatoms. The number of ether oxygens (including phenoxy) is 1. The number of benzene rings is 2. The SMILES string of the molecule is CCOC(=O)c1ccc(N2C(=O)[C@@H]3[C@H](ON(c4ccccc4C)[C@H]3c3cccs3)C2=O)cc1. The number of amides is 2. The molecule has 0 saturated carbocycles. The number of rotatable bonds is 5. The van der Waals surface area contributed by atoms with Crippen LogP contribution in [0.3, 0.4) is 0 Å². The number of carbonyl (C=O) groups is 3. The summed E-state index contributed by atoms with van der Waals surface area (Å²) in [6.45, 7) is 3.97. The maximum atomic E-state index is 13.6. The fraction of sp³-hybridized carbons (Fsp3) is 0.240. The van der Waals surface area contributed by atoms with Crippen molar-refractivity contribution in [2.75, 3.05) is 16.6 Å². The number of esters is 1. The van der Waals surface area contributed by atoms with Gasteiger partial charge in [-0.3, -0.25) is 14.4 Å². The molecule has 2 saturated heterocycles. The molecule has 0 N–H and O–H groups in total. The number of para-hydroxylation sites is 1. The van der Waals surface area contributed by atoms with Gasteiger partial charge in [0.15, 0.2) is 6.10 Å². The number of fused-ring (bicyclic) bond motifs is 1. The van der Waals surface area contributed by atoms with Crippen LogP contribution in [0.15, 0.2) is 66.0 Å². The van der Waals surface area contributed by atoms with Gasteiger partial charge in [-0.1, -0.05) is 24.3 Å². The summed E-state index contributed by atoms with van der Waals surface area (Å²) in [4.78, 5) is 47.2. The molecule has 1 aromatic heterocycles. The number of nitrogens with zero attached hydrogens (tertiary/aromatic N) is 2. The monoisotopic (exact) mass is 462 g/mol. The molecule has 0 radical (unpaired) electrons. The van der Waals surface area contributed by atoms with Crippen molar-refractivity contribution < 1.29 is 24.0 Å². The fourth-order valence-electron chi connectivity index (χ4n) is 4.40. The summed E-state index contributed by atoms with van der Waals surface area (Å²) >= 11 is 1.53. The Hall–Kier alpha value is -3.49. The van der Waals surface area contributed by atoms with E-state index in [-0.39, 0.29) is 12.5 Å². The quantitative estimate of drug-likeness (QED) is 0.416. The summed E-state index contributed by atoms with van der Waals surface area (Å²) in [5.74, 6) is -1.86. The van der Waals surface area contributed by atoms with Crippen LogP contribution in [0.25, 0.3) is 0 Å². The standard InChI is InChI=1S/C25H22N2O5S/c1-3-31-25(30)16-10-12-17(13-11-16)26-23(28)20-21(19-9-6-14-33-19)27(32-22(20)24(26)29)18-8-5-4-7-15(18)2/h4-14,20-22H,3H2,1-2H3/t20-,21-,22-/m0/s1. The van der Waals surface area contributed by atoms with E-state index in [1.54, 1.807) is 36.3 Å². The number of anilines is 2. The van der Waals surface area contributed by atoms with E-state index in [9.17, 15) is 14.4 Å². The lowest BCUT2D eigenvalue weighted by Gasteiger charge is -2.29. The first kappa shape index (κ1) is 21.4. The van der Waals surface area contributed by atoms with Gasteiger partial charge < -0.3 is 4.74 Å². The predicted molar refractivity (Wildman–Crippen MR) is 124 cm³/mol. The number of thiophene rings is 1. The van der Waals surface area contributed by atoms with Gasteiger partial charge in [0.2, 0.25) is 5.91 Å². The third-order valence-corrected chi connectivity index (χ3v) is 6.88. The largest absolute Gasteiger partial charge is 0.462 e. The molecule has 2 aliphatic heterocycles. The summed E-state index contributed by atoms with van der Waals surface area (Å²) in [6.07, 6.45) is -0.922. The molecule has 2 fully saturated rings. The normalized spacial score (nSPS) is 22.1. The zero-order valence-corrected chi connectivity index (χ0v) is 19.0. The molecule has 0 aliphatic carbocycles. The van der Waals surface area contributed by atoms with E-state index in [0.29, 0.717) is 11.3 Å². The number of hydrogen-bond acceptors (Lipinski definition) is 7. The van der Waals surface area contributed by atoms with Crippen molar-refractivity contribution in [3.63, 3.8) is 0 Å². The van der Waals surface area contributed by atoms with Crippen LogP contribution in [0.4, 0.5) is 11.4 Å². The molecule has 0 unspecified atom stereocenters. The first-order chi connectivity index (χ1) is 16.0. The Morgan fingerprint density at radius 1 is 1.03 bits per heavy atom. The topological polar surface area (TPSA) is 76.2 Å². The number of hydrogen-bond donors (Lipinski definition) is 0. The van der Waals surface area contributed by atoms with Crippen LogP contribution in [-0.4, -0.2) is 30.5 Å². The van der Waals surface area contributed by atoms with Crippen LogP contribution in [0.2, 0.25) is 0 Å². The van der Waals surface area contributed by atoms with Crippen LogP contribution in [0.1, 0.15) is 33.8 Å². The molecule has 3 atom stereocenters. The molecule has 3 aromatic rings. The molecular formula is C25H22N2O5S. The first-order valence-corrected chi connectivity index (χ1v) is 11.6. The molecule has 7 nitrogen and oxygen atoms in total. The summed E-state index contributed by atoms with van der Waals surface area (Å²) < 4.78 is 5.00. The molecule has 5 rings (SSSR count). The van der Waals surface area contributed by atoms with Gasteiger partial charge in [-0.15, -0.1) is 11.3 Å². The molecular weight excluding hydrogens is 440 g/mol. The van der Waals surface area contributed by atoms with Crippen LogP contribution >= 0.6 is 11.3 Å². The lowest BCUT2D eigenvalue weighted by molar-refractivity contribution is -0.126. The van der Waals surface area contributed by atoms with Crippen LogP contribution < -0.4 is 9.96 Å². The van der Waals surface area contributed by atoms with E-state index in [0.717, 1.165) is 16.1 Å². The summed E-state index contributed by atoms with van der Waals surface area (Å²) in [5, 5.41) is 3.67. The van der Waals surface area contributed by atoms with Crippen molar-refractivity contribution in [2.24, 2.45) is 5.92 Å². The molecule has 0 bridgehead atoms. The highest BCUT2D eigenvalue weighted by atomic mass is 32.1. The minimum Gasteiger partial charge on any atom is -0.462 e. The second-order valence-electron chi connectivity index (χ2n) is 7.90. The maximum Gasteiger partial charge on any atom is 0.338 e. The summed E-state index contributed by atoms with van der Waals surface area (Å²) in [7, 11) is 0. The van der Waals surface area contributed by atoms with E-state index < -0.39 is 29.9 Å². The molecule has 168 valence electrons. The van der Waals surface area contributed by atoms with Gasteiger partial charge >= 0.3 is 5.97 Å². The lowest BCUT2D eigenvalue weighted by atomic mass is 9.95. The van der Waals surface area contributed by atoms with E-state index in [4.69, 9.17) is 9.57 Å². The Morgan fingerprint density at radius 2 is 1.79 bits per heavy atom. The zero-order chi connectivity index (χ0) is 23.1. The van der Waals surface area contributed by atoms with Gasteiger partial charge in [0.1, 0.15) is 12.0 Å². The van der Waals surface area contributed by atoms with Crippen LogP contribution in [0, 0.1) is 12.8 Å². The average Bonchev–Trinajstić information content (AvgIpc) is 3.52. The van der Waals surface area contributed by atoms with Crippen molar-refractivity contribution in [1.29, 1.82) is 0 Å². The van der Waals surface area contributed by atoms with Crippen molar-refractivity contribution in [3.8, 4) is 0 Å². The third kappa shape index (κ3) is 3.51. The fourth-order valence-corrected chi connectivity index (χ4v) is 5.25. The minimum atomic E-state index is -0.922. The second kappa shape index (κ2) is 8.46. The first-order valence-electron chi connectivity index (χ1n) is 10.7. The van der Waals surface area contributed by atoms with E-state index >= 15 is 0 Å². The zero-order valence-electron chi connectivity index (χ0n) is 18.1. The van der Waals surface area contributed by atoms with Crippen LogP contribution in [0.5, 0.6) is 0 Å². The highest BCUT2D eigenvalue weighted by molar-refractivity contribution is 7.10. The van der Waals surface area contributed by atoms with Crippen molar-refractivity contribution >= 4 is 40.5 Å². The highest BCUT2D eigenvalue weighted by Crippen LogP contribution is 2.49. The van der Waals surface area contributed by atoms with Gasteiger partial charge in [-0.25, -0.2) is 14.8 Å². The predicted octanol–water partition coefficient (Wildman–Crippen LogP) is 4.28.